The lowest BCUT2D eigenvalue weighted by atomic mass is 10.2. The first-order valence-corrected chi connectivity index (χ1v) is 10.1. The maximum absolute atomic E-state index is 12.7. The lowest BCUT2D eigenvalue weighted by Crippen LogP contribution is -2.25. The van der Waals surface area contributed by atoms with Crippen LogP contribution >= 0.6 is 11.6 Å². The van der Waals surface area contributed by atoms with Gasteiger partial charge < -0.3 is 10.1 Å². The second-order valence-electron chi connectivity index (χ2n) is 5.96. The Morgan fingerprint density at radius 3 is 2.50 bits per heavy atom. The Labute approximate surface area is 157 Å². The van der Waals surface area contributed by atoms with E-state index in [0.717, 1.165) is 12.8 Å². The van der Waals surface area contributed by atoms with E-state index >= 15 is 0 Å². The number of hydrogen-bond acceptors (Lipinski definition) is 4. The van der Waals surface area contributed by atoms with Crippen LogP contribution in [0.2, 0.25) is 5.02 Å². The van der Waals surface area contributed by atoms with Gasteiger partial charge in [-0.15, -0.1) is 0 Å². The van der Waals surface area contributed by atoms with Crippen molar-refractivity contribution in [3.63, 3.8) is 0 Å². The second kappa shape index (κ2) is 7.55. The van der Waals surface area contributed by atoms with Crippen LogP contribution in [0.5, 0.6) is 5.75 Å². The van der Waals surface area contributed by atoms with E-state index in [1.54, 1.807) is 24.3 Å². The van der Waals surface area contributed by atoms with Crippen molar-refractivity contribution >= 4 is 33.2 Å². The van der Waals surface area contributed by atoms with Crippen molar-refractivity contribution in [1.82, 2.24) is 5.32 Å². The van der Waals surface area contributed by atoms with Crippen molar-refractivity contribution in [2.75, 3.05) is 11.3 Å². The van der Waals surface area contributed by atoms with Gasteiger partial charge in [0.05, 0.1) is 11.6 Å². The molecule has 2 aromatic carbocycles. The molecule has 6 nitrogen and oxygen atoms in total. The molecule has 0 atom stereocenters. The first-order valence-electron chi connectivity index (χ1n) is 8.25. The zero-order valence-corrected chi connectivity index (χ0v) is 15.7. The SMILES string of the molecule is CCOc1ccc(NS(=O)(=O)c2cc(C(=O)NC3CC3)ccc2Cl)cc1. The molecule has 0 aromatic heterocycles. The first-order chi connectivity index (χ1) is 12.4. The minimum atomic E-state index is -3.94. The summed E-state index contributed by atoms with van der Waals surface area (Å²) in [4.78, 5) is 12.0. The molecule has 0 heterocycles. The molecule has 0 unspecified atom stereocenters. The molecule has 1 fully saturated rings. The number of ether oxygens (including phenoxy) is 1. The molecule has 0 radical (unpaired) electrons. The van der Waals surface area contributed by atoms with E-state index in [4.69, 9.17) is 16.3 Å². The summed E-state index contributed by atoms with van der Waals surface area (Å²) in [5.74, 6) is 0.342. The summed E-state index contributed by atoms with van der Waals surface area (Å²) in [6, 6.07) is 10.9. The lowest BCUT2D eigenvalue weighted by Gasteiger charge is -2.12. The average Bonchev–Trinajstić information content (AvgIpc) is 3.41. The first kappa shape index (κ1) is 18.5. The van der Waals surface area contributed by atoms with Gasteiger partial charge in [0, 0.05) is 17.3 Å². The van der Waals surface area contributed by atoms with Crippen molar-refractivity contribution in [1.29, 1.82) is 0 Å². The van der Waals surface area contributed by atoms with Gasteiger partial charge in [-0.2, -0.15) is 0 Å². The number of rotatable bonds is 7. The van der Waals surface area contributed by atoms with Crippen LogP contribution in [-0.2, 0) is 10.0 Å². The normalized spacial score (nSPS) is 13.9. The number of carbonyl (C=O) groups excluding carboxylic acids is 1. The van der Waals surface area contributed by atoms with E-state index in [9.17, 15) is 13.2 Å². The Morgan fingerprint density at radius 1 is 1.19 bits per heavy atom. The molecule has 2 aromatic rings. The van der Waals surface area contributed by atoms with Crippen LogP contribution < -0.4 is 14.8 Å². The van der Waals surface area contributed by atoms with E-state index in [1.807, 2.05) is 6.92 Å². The monoisotopic (exact) mass is 394 g/mol. The highest BCUT2D eigenvalue weighted by Gasteiger charge is 2.25. The summed E-state index contributed by atoms with van der Waals surface area (Å²) in [6.07, 6.45) is 1.90. The molecular weight excluding hydrogens is 376 g/mol. The van der Waals surface area contributed by atoms with E-state index < -0.39 is 10.0 Å². The van der Waals surface area contributed by atoms with Gasteiger partial charge >= 0.3 is 0 Å². The highest BCUT2D eigenvalue weighted by atomic mass is 35.5. The molecule has 1 aliphatic carbocycles. The number of hydrogen-bond donors (Lipinski definition) is 2. The Balaban J connectivity index is 1.82. The van der Waals surface area contributed by atoms with Crippen molar-refractivity contribution in [3.8, 4) is 5.75 Å². The van der Waals surface area contributed by atoms with E-state index in [2.05, 4.69) is 10.0 Å². The Morgan fingerprint density at radius 2 is 1.88 bits per heavy atom. The molecule has 0 spiro atoms. The van der Waals surface area contributed by atoms with Gasteiger partial charge in [0.15, 0.2) is 0 Å². The van der Waals surface area contributed by atoms with Crippen LogP contribution in [0.25, 0.3) is 0 Å². The van der Waals surface area contributed by atoms with E-state index in [-0.39, 0.29) is 27.4 Å². The Hall–Kier alpha value is -2.25. The van der Waals surface area contributed by atoms with E-state index in [1.165, 1.54) is 18.2 Å². The maximum Gasteiger partial charge on any atom is 0.263 e. The third-order valence-electron chi connectivity index (χ3n) is 3.81. The van der Waals surface area contributed by atoms with Gasteiger partial charge in [-0.05, 0) is 62.2 Å². The van der Waals surface area contributed by atoms with Gasteiger partial charge in [0.1, 0.15) is 10.6 Å². The predicted octanol–water partition coefficient (Wildman–Crippen LogP) is 3.43. The van der Waals surface area contributed by atoms with Crippen LogP contribution in [0.4, 0.5) is 5.69 Å². The quantitative estimate of drug-likeness (QED) is 0.753. The van der Waals surface area contributed by atoms with Gasteiger partial charge in [-0.3, -0.25) is 9.52 Å². The fourth-order valence-corrected chi connectivity index (χ4v) is 3.93. The van der Waals surface area contributed by atoms with Crippen LogP contribution in [0, 0.1) is 0 Å². The summed E-state index contributed by atoms with van der Waals surface area (Å²) >= 11 is 6.07. The number of anilines is 1. The standard InChI is InChI=1S/C18H19ClN2O4S/c1-2-25-15-8-6-14(7-9-15)21-26(23,24)17-11-12(3-10-16(17)19)18(22)20-13-4-5-13/h3,6-11,13,21H,2,4-5H2,1H3,(H,20,22). The van der Waals surface area contributed by atoms with Crippen molar-refractivity contribution in [2.45, 2.75) is 30.7 Å². The number of carbonyl (C=O) groups is 1. The minimum Gasteiger partial charge on any atom is -0.494 e. The van der Waals surface area contributed by atoms with Crippen LogP contribution in [0.1, 0.15) is 30.1 Å². The molecule has 1 amide bonds. The second-order valence-corrected chi connectivity index (χ2v) is 8.01. The average molecular weight is 395 g/mol. The molecule has 1 aliphatic rings. The highest BCUT2D eigenvalue weighted by Crippen LogP contribution is 2.26. The summed E-state index contributed by atoms with van der Waals surface area (Å²) in [5.41, 5.74) is 0.630. The van der Waals surface area contributed by atoms with Crippen LogP contribution in [0.3, 0.4) is 0 Å². The molecule has 0 aliphatic heterocycles. The fraction of sp³-hybridized carbons (Fsp3) is 0.278. The number of halogens is 1. The smallest absolute Gasteiger partial charge is 0.263 e. The maximum atomic E-state index is 12.7. The molecule has 0 saturated heterocycles. The van der Waals surface area contributed by atoms with Crippen molar-refractivity contribution in [3.05, 3.63) is 53.1 Å². The topological polar surface area (TPSA) is 84.5 Å². The van der Waals surface area contributed by atoms with Crippen molar-refractivity contribution in [2.24, 2.45) is 0 Å². The summed E-state index contributed by atoms with van der Waals surface area (Å²) in [6.45, 7) is 2.39. The zero-order chi connectivity index (χ0) is 18.7. The Bertz CT molecular complexity index is 909. The lowest BCUT2D eigenvalue weighted by molar-refractivity contribution is 0.0951. The fourth-order valence-electron chi connectivity index (χ4n) is 2.34. The molecular formula is C18H19ClN2O4S. The highest BCUT2D eigenvalue weighted by molar-refractivity contribution is 7.92. The molecule has 1 saturated carbocycles. The van der Waals surface area contributed by atoms with Gasteiger partial charge in [-0.25, -0.2) is 8.42 Å². The third kappa shape index (κ3) is 4.47. The largest absolute Gasteiger partial charge is 0.494 e. The summed E-state index contributed by atoms with van der Waals surface area (Å²) < 4.78 is 33.2. The van der Waals surface area contributed by atoms with Crippen LogP contribution in [0.15, 0.2) is 47.4 Å². The summed E-state index contributed by atoms with van der Waals surface area (Å²) in [7, 11) is -3.94. The number of amides is 1. The van der Waals surface area contributed by atoms with Crippen molar-refractivity contribution < 1.29 is 17.9 Å². The zero-order valence-electron chi connectivity index (χ0n) is 14.2. The summed E-state index contributed by atoms with van der Waals surface area (Å²) in [5, 5.41) is 2.87. The van der Waals surface area contributed by atoms with Gasteiger partial charge in [-0.1, -0.05) is 11.6 Å². The molecule has 26 heavy (non-hydrogen) atoms. The van der Waals surface area contributed by atoms with Crippen LogP contribution in [-0.4, -0.2) is 27.0 Å². The molecule has 138 valence electrons. The molecule has 2 N–H and O–H groups in total. The predicted molar refractivity (Wildman–Crippen MR) is 100 cm³/mol. The van der Waals surface area contributed by atoms with E-state index in [0.29, 0.717) is 18.0 Å². The molecule has 0 bridgehead atoms. The molecule has 8 heteroatoms. The number of nitrogens with one attached hydrogen (secondary N) is 2. The Kier molecular flexibility index (Phi) is 5.38. The minimum absolute atomic E-state index is 0.0476. The number of sulfonamides is 1. The van der Waals surface area contributed by atoms with Gasteiger partial charge in [0.25, 0.3) is 15.9 Å². The third-order valence-corrected chi connectivity index (χ3v) is 5.68. The molecule has 3 rings (SSSR count). The van der Waals surface area contributed by atoms with Gasteiger partial charge in [0.2, 0.25) is 0 Å². The number of benzene rings is 2.